The summed E-state index contributed by atoms with van der Waals surface area (Å²) < 4.78 is 2.12. The van der Waals surface area contributed by atoms with Gasteiger partial charge in [0.25, 0.3) is 5.91 Å². The largest absolute Gasteiger partial charge is 0.347 e. The molecule has 2 atom stereocenters. The van der Waals surface area contributed by atoms with E-state index in [0.717, 1.165) is 37.5 Å². The monoisotopic (exact) mass is 357 g/mol. The van der Waals surface area contributed by atoms with Gasteiger partial charge in [-0.05, 0) is 43.4 Å². The smallest absolute Gasteiger partial charge is 0.289 e. The van der Waals surface area contributed by atoms with Crippen molar-refractivity contribution in [2.45, 2.75) is 70.4 Å². The quantitative estimate of drug-likeness (QED) is 0.898. The van der Waals surface area contributed by atoms with Crippen molar-refractivity contribution in [2.24, 2.45) is 17.8 Å². The lowest BCUT2D eigenvalue weighted by molar-refractivity contribution is 0.0919. The Morgan fingerprint density at radius 2 is 1.69 bits per heavy atom. The van der Waals surface area contributed by atoms with Gasteiger partial charge in [-0.3, -0.25) is 4.79 Å². The van der Waals surface area contributed by atoms with E-state index in [0.29, 0.717) is 23.7 Å². The summed E-state index contributed by atoms with van der Waals surface area (Å²) in [6, 6.07) is 0.333. The maximum absolute atomic E-state index is 12.7. The van der Waals surface area contributed by atoms with Crippen LogP contribution < -0.4 is 5.32 Å². The van der Waals surface area contributed by atoms with Gasteiger partial charge in [-0.25, -0.2) is 0 Å². The lowest BCUT2D eigenvalue weighted by atomic mass is 9.89. The summed E-state index contributed by atoms with van der Waals surface area (Å²) in [6.45, 7) is 4.59. The zero-order chi connectivity index (χ0) is 17.5. The normalized spacial score (nSPS) is 29.8. The van der Waals surface area contributed by atoms with Crippen molar-refractivity contribution in [1.29, 1.82) is 0 Å². The summed E-state index contributed by atoms with van der Waals surface area (Å²) in [4.78, 5) is 15.4. The lowest BCUT2D eigenvalue weighted by Gasteiger charge is -2.26. The molecule has 1 saturated heterocycles. The van der Waals surface area contributed by atoms with Crippen molar-refractivity contribution in [3.8, 4) is 0 Å². The highest BCUT2D eigenvalue weighted by Crippen LogP contribution is 2.34. The van der Waals surface area contributed by atoms with Gasteiger partial charge in [0.2, 0.25) is 5.82 Å². The van der Waals surface area contributed by atoms with Crippen LogP contribution in [0.15, 0.2) is 0 Å². The molecule has 26 heavy (non-hydrogen) atoms. The zero-order valence-electron chi connectivity index (χ0n) is 15.7. The van der Waals surface area contributed by atoms with Gasteiger partial charge >= 0.3 is 0 Å². The van der Waals surface area contributed by atoms with Gasteiger partial charge in [0, 0.05) is 38.6 Å². The van der Waals surface area contributed by atoms with Crippen molar-refractivity contribution >= 4 is 5.91 Å². The number of rotatable bonds is 4. The fourth-order valence-electron chi connectivity index (χ4n) is 5.82. The fourth-order valence-corrected chi connectivity index (χ4v) is 5.82. The minimum absolute atomic E-state index is 0.0186. The SMILES string of the molecule is O=C(NC1CCCC1)c1nnc2n1C[C@H]1CN(CC3CCCC3)C[C@@H]1C2. The molecule has 1 N–H and O–H groups in total. The molecule has 0 radical (unpaired) electrons. The van der Waals surface area contributed by atoms with E-state index in [4.69, 9.17) is 0 Å². The van der Waals surface area contributed by atoms with Crippen LogP contribution in [-0.4, -0.2) is 51.2 Å². The van der Waals surface area contributed by atoms with Crippen molar-refractivity contribution < 1.29 is 4.79 Å². The summed E-state index contributed by atoms with van der Waals surface area (Å²) in [7, 11) is 0. The van der Waals surface area contributed by atoms with E-state index in [-0.39, 0.29) is 5.91 Å². The second kappa shape index (κ2) is 6.95. The van der Waals surface area contributed by atoms with Gasteiger partial charge in [-0.1, -0.05) is 25.7 Å². The third-order valence-corrected chi connectivity index (χ3v) is 7.23. The Morgan fingerprint density at radius 1 is 0.962 bits per heavy atom. The number of amides is 1. The Hall–Kier alpha value is -1.43. The number of hydrogen-bond acceptors (Lipinski definition) is 4. The Morgan fingerprint density at radius 3 is 2.50 bits per heavy atom. The number of nitrogens with one attached hydrogen (secondary N) is 1. The molecular formula is C20H31N5O. The first kappa shape index (κ1) is 16.7. The number of aromatic nitrogens is 3. The van der Waals surface area contributed by atoms with Crippen LogP contribution in [0.25, 0.3) is 0 Å². The summed E-state index contributed by atoms with van der Waals surface area (Å²) in [5.74, 6) is 3.80. The van der Waals surface area contributed by atoms with Gasteiger partial charge in [0.05, 0.1) is 0 Å². The molecule has 2 saturated carbocycles. The Kier molecular flexibility index (Phi) is 4.47. The fraction of sp³-hybridized carbons (Fsp3) is 0.850. The van der Waals surface area contributed by atoms with Gasteiger partial charge in [0.1, 0.15) is 5.82 Å². The molecule has 0 spiro atoms. The summed E-state index contributed by atoms with van der Waals surface area (Å²) in [6.07, 6.45) is 11.3. The van der Waals surface area contributed by atoms with Gasteiger partial charge < -0.3 is 14.8 Å². The number of hydrogen-bond donors (Lipinski definition) is 1. The first-order chi connectivity index (χ1) is 12.8. The van der Waals surface area contributed by atoms with E-state index in [1.807, 2.05) is 0 Å². The molecule has 3 heterocycles. The minimum atomic E-state index is -0.0186. The minimum Gasteiger partial charge on any atom is -0.347 e. The average Bonchev–Trinajstić information content (AvgIpc) is 3.40. The summed E-state index contributed by atoms with van der Waals surface area (Å²) >= 11 is 0. The molecule has 1 amide bonds. The highest BCUT2D eigenvalue weighted by atomic mass is 16.2. The number of fused-ring (bicyclic) bond motifs is 2. The van der Waals surface area contributed by atoms with E-state index in [1.165, 1.54) is 58.2 Å². The molecule has 6 nitrogen and oxygen atoms in total. The Bertz CT molecular complexity index is 659. The predicted molar refractivity (Wildman–Crippen MR) is 98.8 cm³/mol. The third kappa shape index (κ3) is 3.17. The maximum atomic E-state index is 12.7. The van der Waals surface area contributed by atoms with Gasteiger partial charge in [-0.15, -0.1) is 10.2 Å². The molecule has 5 rings (SSSR count). The van der Waals surface area contributed by atoms with Crippen LogP contribution in [0.2, 0.25) is 0 Å². The molecule has 0 unspecified atom stereocenters. The molecular weight excluding hydrogens is 326 g/mol. The van der Waals surface area contributed by atoms with E-state index in [9.17, 15) is 4.79 Å². The molecule has 3 fully saturated rings. The van der Waals surface area contributed by atoms with Crippen molar-refractivity contribution in [3.63, 3.8) is 0 Å². The van der Waals surface area contributed by atoms with Crippen LogP contribution in [0.3, 0.4) is 0 Å². The van der Waals surface area contributed by atoms with Crippen molar-refractivity contribution in [1.82, 2.24) is 25.0 Å². The summed E-state index contributed by atoms with van der Waals surface area (Å²) in [5, 5.41) is 11.8. The molecule has 1 aromatic rings. The number of carbonyl (C=O) groups is 1. The molecule has 0 aromatic carbocycles. The lowest BCUT2D eigenvalue weighted by Crippen LogP contribution is -2.36. The topological polar surface area (TPSA) is 63.1 Å². The number of nitrogens with zero attached hydrogens (tertiary/aromatic N) is 4. The van der Waals surface area contributed by atoms with Crippen LogP contribution in [0.5, 0.6) is 0 Å². The standard InChI is InChI=1S/C20H31N5O/c26-20(21-17-7-3-4-8-17)19-23-22-18-9-15-11-24(10-14-5-1-2-6-14)12-16(15)13-25(18)19/h14-17H,1-13H2,(H,21,26)/t15-,16+/m0/s1. The molecule has 142 valence electrons. The van der Waals surface area contributed by atoms with E-state index in [2.05, 4.69) is 25.0 Å². The van der Waals surface area contributed by atoms with E-state index >= 15 is 0 Å². The average molecular weight is 358 g/mol. The molecule has 1 aromatic heterocycles. The third-order valence-electron chi connectivity index (χ3n) is 7.23. The maximum Gasteiger partial charge on any atom is 0.289 e. The van der Waals surface area contributed by atoms with Crippen LogP contribution in [0, 0.1) is 17.8 Å². The molecule has 6 heteroatoms. The van der Waals surface area contributed by atoms with Crippen LogP contribution in [0.1, 0.15) is 67.8 Å². The Balaban J connectivity index is 1.24. The molecule has 2 aliphatic heterocycles. The zero-order valence-corrected chi connectivity index (χ0v) is 15.7. The van der Waals surface area contributed by atoms with Crippen molar-refractivity contribution in [3.05, 3.63) is 11.6 Å². The summed E-state index contributed by atoms with van der Waals surface area (Å²) in [5.41, 5.74) is 0. The van der Waals surface area contributed by atoms with Gasteiger partial charge in [-0.2, -0.15) is 0 Å². The number of carbonyl (C=O) groups excluding carboxylic acids is 1. The second-order valence-electron chi connectivity index (χ2n) is 9.10. The van der Waals surface area contributed by atoms with Crippen LogP contribution in [0.4, 0.5) is 0 Å². The predicted octanol–water partition coefficient (Wildman–Crippen LogP) is 2.24. The highest BCUT2D eigenvalue weighted by molar-refractivity contribution is 5.91. The highest BCUT2D eigenvalue weighted by Gasteiger charge is 2.39. The molecule has 2 aliphatic carbocycles. The first-order valence-electron chi connectivity index (χ1n) is 10.7. The van der Waals surface area contributed by atoms with Crippen molar-refractivity contribution in [2.75, 3.05) is 19.6 Å². The second-order valence-corrected chi connectivity index (χ2v) is 9.10. The number of likely N-dealkylation sites (tertiary alicyclic amines) is 1. The molecule has 4 aliphatic rings. The molecule has 0 bridgehead atoms. The van der Waals surface area contributed by atoms with E-state index in [1.54, 1.807) is 0 Å². The van der Waals surface area contributed by atoms with Crippen LogP contribution in [-0.2, 0) is 13.0 Å². The first-order valence-corrected chi connectivity index (χ1v) is 10.7. The van der Waals surface area contributed by atoms with Crippen LogP contribution >= 0.6 is 0 Å². The Labute approximate surface area is 155 Å². The van der Waals surface area contributed by atoms with Gasteiger partial charge in [0.15, 0.2) is 0 Å². The van der Waals surface area contributed by atoms with E-state index < -0.39 is 0 Å².